The van der Waals surface area contributed by atoms with Gasteiger partial charge in [-0.2, -0.15) is 0 Å². The van der Waals surface area contributed by atoms with Crippen molar-refractivity contribution in [3.8, 4) is 11.4 Å². The van der Waals surface area contributed by atoms with E-state index in [-0.39, 0.29) is 5.91 Å². The average molecular weight is 271 g/mol. The van der Waals surface area contributed by atoms with E-state index in [1.54, 1.807) is 12.4 Å². The van der Waals surface area contributed by atoms with Crippen LogP contribution in [0, 0.1) is 6.92 Å². The molecule has 6 nitrogen and oxygen atoms in total. The molecule has 0 unspecified atom stereocenters. The lowest BCUT2D eigenvalue weighted by atomic mass is 10.2. The van der Waals surface area contributed by atoms with E-state index in [9.17, 15) is 4.79 Å². The summed E-state index contributed by atoms with van der Waals surface area (Å²) in [7, 11) is 0. The van der Waals surface area contributed by atoms with Gasteiger partial charge in [-0.1, -0.05) is 0 Å². The van der Waals surface area contributed by atoms with E-state index in [0.717, 1.165) is 17.1 Å². The van der Waals surface area contributed by atoms with Gasteiger partial charge in [0, 0.05) is 49.7 Å². The first-order chi connectivity index (χ1) is 9.65. The Labute approximate surface area is 117 Å². The van der Waals surface area contributed by atoms with Crippen LogP contribution in [0.2, 0.25) is 0 Å². The van der Waals surface area contributed by atoms with Crippen LogP contribution in [-0.2, 0) is 4.79 Å². The lowest BCUT2D eigenvalue weighted by molar-refractivity contribution is -0.118. The normalized spacial score (nSPS) is 10.1. The third-order valence-electron chi connectivity index (χ3n) is 2.58. The molecule has 20 heavy (non-hydrogen) atoms. The van der Waals surface area contributed by atoms with Crippen LogP contribution in [0.5, 0.6) is 0 Å². The van der Waals surface area contributed by atoms with Gasteiger partial charge in [-0.25, -0.2) is 9.97 Å². The molecule has 0 atom stereocenters. The largest absolute Gasteiger partial charge is 0.368 e. The van der Waals surface area contributed by atoms with Crippen molar-refractivity contribution in [1.29, 1.82) is 0 Å². The number of nitrogens with one attached hydrogen (secondary N) is 2. The van der Waals surface area contributed by atoms with E-state index in [1.807, 2.05) is 25.1 Å². The van der Waals surface area contributed by atoms with Crippen molar-refractivity contribution < 1.29 is 4.79 Å². The summed E-state index contributed by atoms with van der Waals surface area (Å²) in [4.78, 5) is 23.7. The van der Waals surface area contributed by atoms with E-state index in [2.05, 4.69) is 25.6 Å². The maximum atomic E-state index is 10.8. The Morgan fingerprint density at radius 3 is 2.85 bits per heavy atom. The minimum absolute atomic E-state index is 0.0401. The second-order valence-electron chi connectivity index (χ2n) is 4.37. The zero-order valence-electron chi connectivity index (χ0n) is 11.6. The van der Waals surface area contributed by atoms with Gasteiger partial charge in [0.1, 0.15) is 5.82 Å². The summed E-state index contributed by atoms with van der Waals surface area (Å²) in [5, 5.41) is 5.89. The predicted octanol–water partition coefficient (Wildman–Crippen LogP) is 1.40. The molecular weight excluding hydrogens is 254 g/mol. The maximum absolute atomic E-state index is 10.8. The van der Waals surface area contributed by atoms with Crippen molar-refractivity contribution in [2.75, 3.05) is 18.4 Å². The van der Waals surface area contributed by atoms with E-state index < -0.39 is 0 Å². The summed E-state index contributed by atoms with van der Waals surface area (Å²) in [6.07, 6.45) is 3.45. The van der Waals surface area contributed by atoms with Gasteiger partial charge < -0.3 is 10.6 Å². The number of hydrogen-bond acceptors (Lipinski definition) is 5. The van der Waals surface area contributed by atoms with Crippen LogP contribution in [0.1, 0.15) is 12.6 Å². The van der Waals surface area contributed by atoms with Crippen LogP contribution in [-0.4, -0.2) is 33.9 Å². The third-order valence-corrected chi connectivity index (χ3v) is 2.58. The van der Waals surface area contributed by atoms with Gasteiger partial charge in [0.2, 0.25) is 5.91 Å². The highest BCUT2D eigenvalue weighted by molar-refractivity contribution is 5.72. The number of carbonyl (C=O) groups is 1. The highest BCUT2D eigenvalue weighted by Crippen LogP contribution is 2.16. The SMILES string of the molecule is CC(=O)NCCNc1cc(C)nc(-c2cccnc2)n1. The van der Waals surface area contributed by atoms with Crippen LogP contribution >= 0.6 is 0 Å². The zero-order valence-corrected chi connectivity index (χ0v) is 11.6. The molecule has 104 valence electrons. The summed E-state index contributed by atoms with van der Waals surface area (Å²) >= 11 is 0. The van der Waals surface area contributed by atoms with Crippen molar-refractivity contribution in [1.82, 2.24) is 20.3 Å². The minimum Gasteiger partial charge on any atom is -0.368 e. The topological polar surface area (TPSA) is 79.8 Å². The van der Waals surface area contributed by atoms with Crippen LogP contribution in [0.25, 0.3) is 11.4 Å². The fourth-order valence-electron chi connectivity index (χ4n) is 1.71. The number of rotatable bonds is 5. The molecule has 2 heterocycles. The lowest BCUT2D eigenvalue weighted by Gasteiger charge is -2.08. The van der Waals surface area contributed by atoms with Gasteiger partial charge in [0.05, 0.1) is 0 Å². The first kappa shape index (κ1) is 13.9. The molecule has 2 aromatic heterocycles. The second-order valence-corrected chi connectivity index (χ2v) is 4.37. The average Bonchev–Trinajstić information content (AvgIpc) is 2.44. The van der Waals surface area contributed by atoms with Crippen LogP contribution in [0.3, 0.4) is 0 Å². The Morgan fingerprint density at radius 1 is 1.30 bits per heavy atom. The summed E-state index contributed by atoms with van der Waals surface area (Å²) < 4.78 is 0. The van der Waals surface area contributed by atoms with Crippen molar-refractivity contribution in [3.05, 3.63) is 36.3 Å². The van der Waals surface area contributed by atoms with Crippen LogP contribution < -0.4 is 10.6 Å². The van der Waals surface area contributed by atoms with Gasteiger partial charge in [-0.05, 0) is 19.1 Å². The number of pyridine rings is 1. The molecule has 0 radical (unpaired) electrons. The highest BCUT2D eigenvalue weighted by Gasteiger charge is 2.04. The molecule has 2 N–H and O–H groups in total. The Morgan fingerprint density at radius 2 is 2.15 bits per heavy atom. The molecule has 0 aliphatic heterocycles. The molecule has 0 spiro atoms. The molecule has 0 saturated carbocycles. The molecular formula is C14H17N5O. The quantitative estimate of drug-likeness (QED) is 0.803. The Balaban J connectivity index is 2.07. The van der Waals surface area contributed by atoms with Crippen molar-refractivity contribution >= 4 is 11.7 Å². The molecule has 0 aromatic carbocycles. The van der Waals surface area contributed by atoms with E-state index in [1.165, 1.54) is 6.92 Å². The van der Waals surface area contributed by atoms with Gasteiger partial charge in [-0.15, -0.1) is 0 Å². The molecule has 6 heteroatoms. The molecule has 0 aliphatic carbocycles. The van der Waals surface area contributed by atoms with Crippen LogP contribution in [0.15, 0.2) is 30.6 Å². The number of hydrogen-bond donors (Lipinski definition) is 2. The molecule has 0 bridgehead atoms. The Kier molecular flexibility index (Phi) is 4.60. The van der Waals surface area contributed by atoms with Crippen molar-refractivity contribution in [2.24, 2.45) is 0 Å². The molecule has 0 saturated heterocycles. The van der Waals surface area contributed by atoms with Crippen molar-refractivity contribution in [2.45, 2.75) is 13.8 Å². The Bertz CT molecular complexity index is 585. The first-order valence-corrected chi connectivity index (χ1v) is 6.39. The molecule has 0 aliphatic rings. The molecule has 2 aromatic rings. The highest BCUT2D eigenvalue weighted by atomic mass is 16.1. The van der Waals surface area contributed by atoms with E-state index in [4.69, 9.17) is 0 Å². The number of aryl methyl sites for hydroxylation is 1. The number of amides is 1. The minimum atomic E-state index is -0.0401. The number of aromatic nitrogens is 3. The maximum Gasteiger partial charge on any atom is 0.216 e. The van der Waals surface area contributed by atoms with E-state index >= 15 is 0 Å². The number of carbonyl (C=O) groups excluding carboxylic acids is 1. The lowest BCUT2D eigenvalue weighted by Crippen LogP contribution is -2.26. The predicted molar refractivity (Wildman–Crippen MR) is 77.2 cm³/mol. The standard InChI is InChI=1S/C14H17N5O/c1-10-8-13(17-7-6-16-11(2)20)19-14(18-10)12-4-3-5-15-9-12/h3-5,8-9H,6-7H2,1-2H3,(H,16,20)(H,17,18,19). The van der Waals surface area contributed by atoms with E-state index in [0.29, 0.717) is 18.9 Å². The summed E-state index contributed by atoms with van der Waals surface area (Å²) in [6.45, 7) is 4.58. The zero-order chi connectivity index (χ0) is 14.4. The Hall–Kier alpha value is -2.50. The number of anilines is 1. The van der Waals surface area contributed by atoms with Gasteiger partial charge >= 0.3 is 0 Å². The number of nitrogens with zero attached hydrogens (tertiary/aromatic N) is 3. The molecule has 2 rings (SSSR count). The summed E-state index contributed by atoms with van der Waals surface area (Å²) in [6, 6.07) is 5.64. The monoisotopic (exact) mass is 271 g/mol. The summed E-state index contributed by atoms with van der Waals surface area (Å²) in [5.74, 6) is 1.34. The second kappa shape index (κ2) is 6.60. The van der Waals surface area contributed by atoms with Gasteiger partial charge in [-0.3, -0.25) is 9.78 Å². The molecule has 0 fully saturated rings. The van der Waals surface area contributed by atoms with Gasteiger partial charge in [0.25, 0.3) is 0 Å². The third kappa shape index (κ3) is 4.01. The molecule has 1 amide bonds. The fraction of sp³-hybridized carbons (Fsp3) is 0.286. The van der Waals surface area contributed by atoms with Gasteiger partial charge in [0.15, 0.2) is 5.82 Å². The smallest absolute Gasteiger partial charge is 0.216 e. The van der Waals surface area contributed by atoms with Crippen molar-refractivity contribution in [3.63, 3.8) is 0 Å². The summed E-state index contributed by atoms with van der Waals surface area (Å²) in [5.41, 5.74) is 1.75. The first-order valence-electron chi connectivity index (χ1n) is 6.39. The fourth-order valence-corrected chi connectivity index (χ4v) is 1.71. The van der Waals surface area contributed by atoms with Crippen LogP contribution in [0.4, 0.5) is 5.82 Å².